The molecule has 1 fully saturated rings. The Hall–Kier alpha value is -2.34. The maximum absolute atomic E-state index is 12.3. The summed E-state index contributed by atoms with van der Waals surface area (Å²) in [6, 6.07) is 11.5. The highest BCUT2D eigenvalue weighted by Crippen LogP contribution is 2.25. The Labute approximate surface area is 162 Å². The van der Waals surface area contributed by atoms with Gasteiger partial charge in [-0.1, -0.05) is 22.0 Å². The van der Waals surface area contributed by atoms with Gasteiger partial charge in [-0.05, 0) is 61.2 Å². The molecule has 0 aliphatic carbocycles. The van der Waals surface area contributed by atoms with Gasteiger partial charge in [0.25, 0.3) is 5.91 Å². The Balaban J connectivity index is 1.68. The SMILES string of the molecule is COc1ccc(Br)cc1C(=O)N/N=C/c1ccc(N2CCCC2)c(C)c1. The van der Waals surface area contributed by atoms with E-state index < -0.39 is 0 Å². The summed E-state index contributed by atoms with van der Waals surface area (Å²) in [5, 5.41) is 4.08. The highest BCUT2D eigenvalue weighted by molar-refractivity contribution is 9.10. The number of nitrogens with zero attached hydrogens (tertiary/aromatic N) is 2. The van der Waals surface area contributed by atoms with Crippen molar-refractivity contribution in [2.45, 2.75) is 19.8 Å². The lowest BCUT2D eigenvalue weighted by molar-refractivity contribution is 0.0952. The van der Waals surface area contributed by atoms with E-state index in [1.807, 2.05) is 12.1 Å². The molecule has 1 heterocycles. The summed E-state index contributed by atoms with van der Waals surface area (Å²) in [4.78, 5) is 14.7. The molecule has 0 saturated carbocycles. The normalized spacial score (nSPS) is 14.0. The topological polar surface area (TPSA) is 53.9 Å². The molecule has 1 amide bonds. The number of methoxy groups -OCH3 is 1. The second-order valence-corrected chi connectivity index (χ2v) is 7.20. The van der Waals surface area contributed by atoms with Crippen LogP contribution in [0.15, 0.2) is 46.0 Å². The van der Waals surface area contributed by atoms with Crippen LogP contribution < -0.4 is 15.1 Å². The summed E-state index contributed by atoms with van der Waals surface area (Å²) in [5.41, 5.74) is 6.44. The number of carbonyl (C=O) groups excluding carboxylic acids is 1. The van der Waals surface area contributed by atoms with Crippen LogP contribution in [0.2, 0.25) is 0 Å². The number of carbonyl (C=O) groups is 1. The van der Waals surface area contributed by atoms with Gasteiger partial charge in [-0.2, -0.15) is 5.10 Å². The number of amides is 1. The predicted octanol–water partition coefficient (Wildman–Crippen LogP) is 4.13. The molecule has 2 aromatic carbocycles. The molecule has 1 aliphatic rings. The molecule has 0 radical (unpaired) electrons. The standard InChI is InChI=1S/C20H22BrN3O2/c1-14-11-15(5-7-18(14)24-9-3-4-10-24)13-22-23-20(25)17-12-16(21)6-8-19(17)26-2/h5-8,11-13H,3-4,9-10H2,1-2H3,(H,23,25)/b22-13+. The van der Waals surface area contributed by atoms with E-state index in [1.165, 1.54) is 31.2 Å². The molecule has 1 aliphatic heterocycles. The molecule has 1 N–H and O–H groups in total. The van der Waals surface area contributed by atoms with E-state index in [4.69, 9.17) is 4.74 Å². The second-order valence-electron chi connectivity index (χ2n) is 6.28. The first-order valence-electron chi connectivity index (χ1n) is 8.61. The average Bonchev–Trinajstić information content (AvgIpc) is 3.16. The first kappa shape index (κ1) is 18.5. The van der Waals surface area contributed by atoms with Gasteiger partial charge in [-0.3, -0.25) is 4.79 Å². The van der Waals surface area contributed by atoms with Gasteiger partial charge in [0.15, 0.2) is 0 Å². The fourth-order valence-electron chi connectivity index (χ4n) is 3.16. The van der Waals surface area contributed by atoms with E-state index in [-0.39, 0.29) is 5.91 Å². The Bertz CT molecular complexity index is 830. The lowest BCUT2D eigenvalue weighted by atomic mass is 10.1. The molecule has 2 aromatic rings. The van der Waals surface area contributed by atoms with Crippen LogP contribution in [0.3, 0.4) is 0 Å². The summed E-state index contributed by atoms with van der Waals surface area (Å²) in [5.74, 6) is 0.191. The van der Waals surface area contributed by atoms with Crippen LogP contribution in [0.4, 0.5) is 5.69 Å². The zero-order valence-electron chi connectivity index (χ0n) is 15.0. The first-order chi connectivity index (χ1) is 12.6. The molecule has 0 spiro atoms. The molecule has 3 rings (SSSR count). The molecule has 0 aromatic heterocycles. The largest absolute Gasteiger partial charge is 0.496 e. The number of hydrogen-bond acceptors (Lipinski definition) is 4. The van der Waals surface area contributed by atoms with Crippen molar-refractivity contribution in [1.29, 1.82) is 0 Å². The molecule has 26 heavy (non-hydrogen) atoms. The molecular weight excluding hydrogens is 394 g/mol. The third-order valence-electron chi connectivity index (χ3n) is 4.45. The molecular formula is C20H22BrN3O2. The fourth-order valence-corrected chi connectivity index (χ4v) is 3.52. The minimum absolute atomic E-state index is 0.315. The van der Waals surface area contributed by atoms with E-state index in [9.17, 15) is 4.79 Å². The minimum Gasteiger partial charge on any atom is -0.496 e. The first-order valence-corrected chi connectivity index (χ1v) is 9.40. The van der Waals surface area contributed by atoms with Crippen LogP contribution >= 0.6 is 15.9 Å². The Morgan fingerprint density at radius 1 is 1.23 bits per heavy atom. The third kappa shape index (κ3) is 4.25. The quantitative estimate of drug-likeness (QED) is 0.589. The van der Waals surface area contributed by atoms with Crippen molar-refractivity contribution in [3.63, 3.8) is 0 Å². The number of ether oxygens (including phenoxy) is 1. The summed E-state index contributed by atoms with van der Waals surface area (Å²) in [6.07, 6.45) is 4.17. The van der Waals surface area contributed by atoms with Gasteiger partial charge in [0, 0.05) is 23.2 Å². The second kappa shape index (κ2) is 8.36. The van der Waals surface area contributed by atoms with Crippen LogP contribution in [0.5, 0.6) is 5.75 Å². The number of rotatable bonds is 5. The number of aryl methyl sites for hydroxylation is 1. The van der Waals surface area contributed by atoms with Gasteiger partial charge >= 0.3 is 0 Å². The number of anilines is 1. The van der Waals surface area contributed by atoms with Gasteiger partial charge in [0.2, 0.25) is 0 Å². The molecule has 0 bridgehead atoms. The van der Waals surface area contributed by atoms with Crippen molar-refractivity contribution in [1.82, 2.24) is 5.43 Å². The van der Waals surface area contributed by atoms with Crippen molar-refractivity contribution >= 4 is 33.7 Å². The third-order valence-corrected chi connectivity index (χ3v) is 4.95. The number of benzene rings is 2. The van der Waals surface area contributed by atoms with E-state index in [0.717, 1.165) is 23.1 Å². The highest BCUT2D eigenvalue weighted by Gasteiger charge is 2.14. The van der Waals surface area contributed by atoms with Crippen LogP contribution in [-0.2, 0) is 0 Å². The zero-order chi connectivity index (χ0) is 18.5. The van der Waals surface area contributed by atoms with Crippen LogP contribution in [0.25, 0.3) is 0 Å². The van der Waals surface area contributed by atoms with Crippen molar-refractivity contribution in [3.8, 4) is 5.75 Å². The summed E-state index contributed by atoms with van der Waals surface area (Å²) in [6.45, 7) is 4.35. The molecule has 136 valence electrons. The summed E-state index contributed by atoms with van der Waals surface area (Å²) < 4.78 is 6.03. The van der Waals surface area contributed by atoms with E-state index in [2.05, 4.69) is 50.4 Å². The smallest absolute Gasteiger partial charge is 0.275 e. The van der Waals surface area contributed by atoms with E-state index in [0.29, 0.717) is 11.3 Å². The number of halogens is 1. The van der Waals surface area contributed by atoms with Gasteiger partial charge in [-0.15, -0.1) is 0 Å². The highest BCUT2D eigenvalue weighted by atomic mass is 79.9. The van der Waals surface area contributed by atoms with Gasteiger partial charge in [0.1, 0.15) is 5.75 Å². The number of nitrogens with one attached hydrogen (secondary N) is 1. The Morgan fingerprint density at radius 2 is 2.00 bits per heavy atom. The summed E-state index contributed by atoms with van der Waals surface area (Å²) >= 11 is 3.36. The van der Waals surface area contributed by atoms with Crippen LogP contribution in [-0.4, -0.2) is 32.3 Å². The maximum atomic E-state index is 12.3. The zero-order valence-corrected chi connectivity index (χ0v) is 16.5. The molecule has 0 unspecified atom stereocenters. The number of hydrazone groups is 1. The molecule has 5 nitrogen and oxygen atoms in total. The van der Waals surface area contributed by atoms with Crippen LogP contribution in [0.1, 0.15) is 34.3 Å². The predicted molar refractivity (Wildman–Crippen MR) is 108 cm³/mol. The van der Waals surface area contributed by atoms with Crippen molar-refractivity contribution < 1.29 is 9.53 Å². The average molecular weight is 416 g/mol. The minimum atomic E-state index is -0.315. The van der Waals surface area contributed by atoms with Gasteiger partial charge < -0.3 is 9.64 Å². The van der Waals surface area contributed by atoms with Gasteiger partial charge in [0.05, 0.1) is 18.9 Å². The Kier molecular flexibility index (Phi) is 5.93. The Morgan fingerprint density at radius 3 is 2.69 bits per heavy atom. The summed E-state index contributed by atoms with van der Waals surface area (Å²) in [7, 11) is 1.54. The lowest BCUT2D eigenvalue weighted by Gasteiger charge is -2.20. The monoisotopic (exact) mass is 415 g/mol. The van der Waals surface area contributed by atoms with Crippen molar-refractivity contribution in [3.05, 3.63) is 57.6 Å². The molecule has 6 heteroatoms. The van der Waals surface area contributed by atoms with Gasteiger partial charge in [-0.25, -0.2) is 5.43 Å². The van der Waals surface area contributed by atoms with E-state index in [1.54, 1.807) is 18.3 Å². The molecule has 0 atom stereocenters. The number of hydrogen-bond donors (Lipinski definition) is 1. The van der Waals surface area contributed by atoms with Crippen molar-refractivity contribution in [2.24, 2.45) is 5.10 Å². The maximum Gasteiger partial charge on any atom is 0.275 e. The fraction of sp³-hybridized carbons (Fsp3) is 0.300. The van der Waals surface area contributed by atoms with E-state index >= 15 is 0 Å². The van der Waals surface area contributed by atoms with Crippen LogP contribution in [0, 0.1) is 6.92 Å². The molecule has 1 saturated heterocycles. The lowest BCUT2D eigenvalue weighted by Crippen LogP contribution is -2.19. The van der Waals surface area contributed by atoms with Crippen molar-refractivity contribution in [2.75, 3.05) is 25.1 Å².